The second kappa shape index (κ2) is 8.02. The number of aliphatic hydroxyl groups excluding tert-OH is 1. The van der Waals surface area contributed by atoms with Gasteiger partial charge in [0.25, 0.3) is 0 Å². The lowest BCUT2D eigenvalue weighted by Crippen LogP contribution is -2.20. The fourth-order valence-electron chi connectivity index (χ4n) is 3.20. The lowest BCUT2D eigenvalue weighted by Gasteiger charge is -2.13. The van der Waals surface area contributed by atoms with Crippen molar-refractivity contribution in [1.29, 1.82) is 0 Å². The van der Waals surface area contributed by atoms with Gasteiger partial charge in [0.2, 0.25) is 11.9 Å². The average Bonchev–Trinajstić information content (AvgIpc) is 3.07. The Labute approximate surface area is 175 Å². The largest absolute Gasteiger partial charge is 0.397 e. The maximum Gasteiger partial charge on any atom is 0.223 e. The topological polar surface area (TPSA) is 97.0 Å². The molecule has 1 unspecified atom stereocenters. The van der Waals surface area contributed by atoms with Crippen LogP contribution in [-0.2, 0) is 6.54 Å². The highest BCUT2D eigenvalue weighted by Gasteiger charge is 2.20. The SMILES string of the molecule is Cc1nnc2sc(C(O)NCc3ccc(-c4ccc(F)nc4F)cc3)c(N)c2c1C. The summed E-state index contributed by atoms with van der Waals surface area (Å²) < 4.78 is 26.8. The van der Waals surface area contributed by atoms with Crippen molar-refractivity contribution in [3.63, 3.8) is 0 Å². The van der Waals surface area contributed by atoms with Gasteiger partial charge in [-0.1, -0.05) is 24.3 Å². The number of anilines is 1. The number of hydrogen-bond acceptors (Lipinski definition) is 7. The number of nitrogens with one attached hydrogen (secondary N) is 1. The van der Waals surface area contributed by atoms with Crippen molar-refractivity contribution in [3.8, 4) is 11.1 Å². The molecular formula is C21H19F2N5OS. The molecule has 4 rings (SSSR count). The zero-order valence-corrected chi connectivity index (χ0v) is 17.1. The molecule has 0 amide bonds. The third kappa shape index (κ3) is 3.74. The number of fused-ring (bicyclic) bond motifs is 1. The fourth-order valence-corrected chi connectivity index (χ4v) is 4.26. The third-order valence-corrected chi connectivity index (χ3v) is 6.13. The van der Waals surface area contributed by atoms with Crippen molar-refractivity contribution < 1.29 is 13.9 Å². The Bertz CT molecular complexity index is 1230. The van der Waals surface area contributed by atoms with Crippen LogP contribution in [0.3, 0.4) is 0 Å². The second-order valence-electron chi connectivity index (χ2n) is 6.92. The van der Waals surface area contributed by atoms with Crippen molar-refractivity contribution in [2.75, 3.05) is 5.73 Å². The van der Waals surface area contributed by atoms with Crippen LogP contribution in [0.2, 0.25) is 0 Å². The first-order chi connectivity index (χ1) is 14.3. The molecule has 4 aromatic rings. The highest BCUT2D eigenvalue weighted by atomic mass is 32.1. The number of nitrogens with zero attached hydrogens (tertiary/aromatic N) is 3. The molecule has 3 aromatic heterocycles. The minimum atomic E-state index is -0.970. The standard InChI is InChI=1S/C21H19F2N5OS/c1-10-11(2)27-28-21-16(10)17(24)18(30-21)20(29)25-9-12-3-5-13(6-4-12)14-7-8-15(22)26-19(14)23/h3-8,20,25,29H,9,24H2,1-2H3. The van der Waals surface area contributed by atoms with Gasteiger partial charge in [-0.3, -0.25) is 5.32 Å². The minimum absolute atomic E-state index is 0.223. The molecule has 1 atom stereocenters. The van der Waals surface area contributed by atoms with E-state index in [-0.39, 0.29) is 5.56 Å². The number of aromatic nitrogens is 3. The Balaban J connectivity index is 1.49. The van der Waals surface area contributed by atoms with Crippen LogP contribution in [0, 0.1) is 25.7 Å². The zero-order chi connectivity index (χ0) is 21.4. The van der Waals surface area contributed by atoms with Crippen molar-refractivity contribution >= 4 is 27.2 Å². The van der Waals surface area contributed by atoms with E-state index in [1.807, 2.05) is 13.8 Å². The monoisotopic (exact) mass is 427 g/mol. The maximum atomic E-state index is 13.8. The van der Waals surface area contributed by atoms with Crippen LogP contribution in [0.5, 0.6) is 0 Å². The van der Waals surface area contributed by atoms with Gasteiger partial charge in [-0.2, -0.15) is 18.9 Å². The van der Waals surface area contributed by atoms with E-state index < -0.39 is 18.1 Å². The molecule has 0 saturated heterocycles. The van der Waals surface area contributed by atoms with Crippen LogP contribution >= 0.6 is 11.3 Å². The van der Waals surface area contributed by atoms with E-state index in [0.717, 1.165) is 28.3 Å². The van der Waals surface area contributed by atoms with Crippen LogP contribution < -0.4 is 11.1 Å². The van der Waals surface area contributed by atoms with Gasteiger partial charge in [0.1, 0.15) is 11.1 Å². The number of aliphatic hydroxyl groups is 1. The summed E-state index contributed by atoms with van der Waals surface area (Å²) in [6.07, 6.45) is -0.970. The quantitative estimate of drug-likeness (QED) is 0.329. The van der Waals surface area contributed by atoms with Crippen LogP contribution in [0.4, 0.5) is 14.5 Å². The summed E-state index contributed by atoms with van der Waals surface area (Å²) in [7, 11) is 0. The summed E-state index contributed by atoms with van der Waals surface area (Å²) in [4.78, 5) is 4.48. The fraction of sp³-hybridized carbons (Fsp3) is 0.190. The van der Waals surface area contributed by atoms with E-state index in [2.05, 4.69) is 20.5 Å². The number of nitrogen functional groups attached to an aromatic ring is 1. The van der Waals surface area contributed by atoms with Crippen molar-refractivity contribution in [2.24, 2.45) is 0 Å². The Morgan fingerprint density at radius 1 is 1.10 bits per heavy atom. The van der Waals surface area contributed by atoms with Gasteiger partial charge in [-0.25, -0.2) is 0 Å². The van der Waals surface area contributed by atoms with E-state index in [1.54, 1.807) is 24.3 Å². The van der Waals surface area contributed by atoms with Crippen LogP contribution in [0.15, 0.2) is 36.4 Å². The van der Waals surface area contributed by atoms with Crippen LogP contribution in [0.1, 0.15) is 27.9 Å². The number of pyridine rings is 1. The third-order valence-electron chi connectivity index (χ3n) is 4.99. The summed E-state index contributed by atoms with van der Waals surface area (Å²) >= 11 is 1.30. The first-order valence-corrected chi connectivity index (χ1v) is 10.0. The van der Waals surface area contributed by atoms with Crippen molar-refractivity contribution in [2.45, 2.75) is 26.6 Å². The van der Waals surface area contributed by atoms with Gasteiger partial charge in [0.05, 0.1) is 16.3 Å². The molecule has 3 heterocycles. The highest BCUT2D eigenvalue weighted by molar-refractivity contribution is 7.19. The molecule has 0 aliphatic carbocycles. The number of hydrogen-bond donors (Lipinski definition) is 3. The average molecular weight is 427 g/mol. The number of rotatable bonds is 5. The normalized spacial score (nSPS) is 12.4. The lowest BCUT2D eigenvalue weighted by atomic mass is 10.1. The molecule has 9 heteroatoms. The van der Waals surface area contributed by atoms with E-state index in [9.17, 15) is 13.9 Å². The molecule has 6 nitrogen and oxygen atoms in total. The molecule has 0 spiro atoms. The van der Waals surface area contributed by atoms with Crippen molar-refractivity contribution in [3.05, 3.63) is 70.0 Å². The first-order valence-electron chi connectivity index (χ1n) is 9.19. The number of nitrogens with two attached hydrogens (primary N) is 1. The number of halogens is 2. The Morgan fingerprint density at radius 2 is 1.83 bits per heavy atom. The summed E-state index contributed by atoms with van der Waals surface area (Å²) in [5, 5.41) is 22.7. The summed E-state index contributed by atoms with van der Waals surface area (Å²) in [5.74, 6) is -1.71. The molecule has 154 valence electrons. The van der Waals surface area contributed by atoms with E-state index in [1.165, 1.54) is 17.4 Å². The Hall–Kier alpha value is -3.01. The molecule has 1 aromatic carbocycles. The van der Waals surface area contributed by atoms with Gasteiger partial charge in [-0.05, 0) is 42.7 Å². The van der Waals surface area contributed by atoms with Gasteiger partial charge >= 0.3 is 0 Å². The highest BCUT2D eigenvalue weighted by Crippen LogP contribution is 2.37. The Kier molecular flexibility index (Phi) is 5.42. The lowest BCUT2D eigenvalue weighted by molar-refractivity contribution is 0.141. The van der Waals surface area contributed by atoms with E-state index >= 15 is 0 Å². The summed E-state index contributed by atoms with van der Waals surface area (Å²) in [6, 6.07) is 9.50. The molecule has 0 aliphatic heterocycles. The molecule has 4 N–H and O–H groups in total. The Morgan fingerprint density at radius 3 is 2.53 bits per heavy atom. The first kappa shape index (κ1) is 20.3. The predicted molar refractivity (Wildman–Crippen MR) is 113 cm³/mol. The smallest absolute Gasteiger partial charge is 0.223 e. The zero-order valence-electron chi connectivity index (χ0n) is 16.3. The van der Waals surface area contributed by atoms with Gasteiger partial charge in [-0.15, -0.1) is 16.4 Å². The molecule has 0 bridgehead atoms. The molecule has 0 fully saturated rings. The summed E-state index contributed by atoms with van der Waals surface area (Å²) in [5.41, 5.74) is 10.2. The number of benzene rings is 1. The molecule has 0 radical (unpaired) electrons. The molecule has 30 heavy (non-hydrogen) atoms. The van der Waals surface area contributed by atoms with Crippen LogP contribution in [0.25, 0.3) is 21.3 Å². The molecule has 0 saturated carbocycles. The summed E-state index contributed by atoms with van der Waals surface area (Å²) in [6.45, 7) is 4.16. The minimum Gasteiger partial charge on any atom is -0.397 e. The molecular weight excluding hydrogens is 408 g/mol. The van der Waals surface area contributed by atoms with Gasteiger partial charge in [0.15, 0.2) is 0 Å². The number of thiophene rings is 1. The van der Waals surface area contributed by atoms with Gasteiger partial charge in [0, 0.05) is 17.5 Å². The van der Waals surface area contributed by atoms with Gasteiger partial charge < -0.3 is 10.8 Å². The number of aryl methyl sites for hydroxylation is 2. The second-order valence-corrected chi connectivity index (χ2v) is 7.95. The van der Waals surface area contributed by atoms with Crippen LogP contribution in [-0.4, -0.2) is 20.3 Å². The predicted octanol–water partition coefficient (Wildman–Crippen LogP) is 4.01. The van der Waals surface area contributed by atoms with E-state index in [4.69, 9.17) is 5.73 Å². The van der Waals surface area contributed by atoms with Crippen molar-refractivity contribution in [1.82, 2.24) is 20.5 Å². The maximum absolute atomic E-state index is 13.8. The molecule has 0 aliphatic rings. The van der Waals surface area contributed by atoms with E-state index in [0.29, 0.717) is 27.5 Å².